The van der Waals surface area contributed by atoms with Crippen LogP contribution in [-0.4, -0.2) is 17.0 Å². The minimum absolute atomic E-state index is 0.137. The summed E-state index contributed by atoms with van der Waals surface area (Å²) in [5.41, 5.74) is 6.19. The van der Waals surface area contributed by atoms with Crippen LogP contribution in [0.25, 0.3) is 0 Å². The summed E-state index contributed by atoms with van der Waals surface area (Å²) in [6.07, 6.45) is -2.24. The van der Waals surface area contributed by atoms with E-state index in [2.05, 4.69) is 6.58 Å². The zero-order valence-corrected chi connectivity index (χ0v) is 13.7. The summed E-state index contributed by atoms with van der Waals surface area (Å²) in [5, 5.41) is 7.13. The van der Waals surface area contributed by atoms with Gasteiger partial charge in [0.2, 0.25) is 5.91 Å². The molecule has 1 aliphatic heterocycles. The normalized spacial score (nSPS) is 15.9. The van der Waals surface area contributed by atoms with E-state index in [-0.39, 0.29) is 17.2 Å². The Morgan fingerprint density at radius 1 is 1.36 bits per heavy atom. The molecule has 0 spiro atoms. The fraction of sp³-hybridized carbons (Fsp3) is 0.176. The predicted octanol–water partition coefficient (Wildman–Crippen LogP) is 3.57. The molecule has 1 aromatic rings. The molecular weight excluding hydrogens is 333 g/mol. The van der Waals surface area contributed by atoms with Gasteiger partial charge in [-0.05, 0) is 31.2 Å². The van der Waals surface area contributed by atoms with E-state index in [0.717, 1.165) is 18.3 Å². The van der Waals surface area contributed by atoms with Crippen molar-refractivity contribution in [3.63, 3.8) is 0 Å². The van der Waals surface area contributed by atoms with Gasteiger partial charge < -0.3 is 11.1 Å². The first-order valence-electron chi connectivity index (χ1n) is 7.24. The highest BCUT2D eigenvalue weighted by molar-refractivity contribution is 5.84. The van der Waals surface area contributed by atoms with E-state index < -0.39 is 17.6 Å². The Morgan fingerprint density at radius 3 is 2.52 bits per heavy atom. The Balaban J connectivity index is 2.62. The molecule has 0 fully saturated rings. The maximum Gasteiger partial charge on any atom is 0.416 e. The van der Waals surface area contributed by atoms with Crippen molar-refractivity contribution >= 4 is 17.8 Å². The minimum atomic E-state index is -4.49. The van der Waals surface area contributed by atoms with Gasteiger partial charge in [0.1, 0.15) is 5.82 Å². The molecule has 0 aromatic heterocycles. The number of hydrogen-bond acceptors (Lipinski definition) is 4. The van der Waals surface area contributed by atoms with E-state index in [1.165, 1.54) is 34.9 Å². The van der Waals surface area contributed by atoms with Crippen LogP contribution in [0.3, 0.4) is 0 Å². The van der Waals surface area contributed by atoms with Gasteiger partial charge in [-0.15, -0.1) is 0 Å². The highest BCUT2D eigenvalue weighted by atomic mass is 19.4. The monoisotopic (exact) mass is 350 g/mol. The lowest BCUT2D eigenvalue weighted by Crippen LogP contribution is -2.29. The SMILES string of the molecule is C=C1N(C(C)=O)C(/C(N)=C/C=N)=C(C)N1c1cccc(C(F)(F)F)c1. The number of nitrogens with two attached hydrogens (primary N) is 1. The van der Waals surface area contributed by atoms with Crippen molar-refractivity contribution in [1.82, 2.24) is 4.90 Å². The molecule has 2 rings (SSSR count). The largest absolute Gasteiger partial charge is 0.416 e. The van der Waals surface area contributed by atoms with Gasteiger partial charge >= 0.3 is 6.18 Å². The summed E-state index contributed by atoms with van der Waals surface area (Å²) >= 11 is 0. The molecule has 0 bridgehead atoms. The minimum Gasteiger partial charge on any atom is -0.397 e. The quantitative estimate of drug-likeness (QED) is 0.819. The van der Waals surface area contributed by atoms with E-state index in [0.29, 0.717) is 11.4 Å². The first kappa shape index (κ1) is 18.3. The summed E-state index contributed by atoms with van der Waals surface area (Å²) in [6.45, 7) is 6.73. The number of nitrogens with zero attached hydrogens (tertiary/aromatic N) is 2. The molecule has 1 aromatic carbocycles. The molecule has 1 aliphatic rings. The number of nitrogens with one attached hydrogen (secondary N) is 1. The fourth-order valence-corrected chi connectivity index (χ4v) is 2.70. The molecular formula is C17H17F3N4O. The summed E-state index contributed by atoms with van der Waals surface area (Å²) in [4.78, 5) is 14.6. The lowest BCUT2D eigenvalue weighted by atomic mass is 10.1. The molecule has 8 heteroatoms. The molecule has 0 unspecified atom stereocenters. The Hall–Kier alpha value is -3.03. The van der Waals surface area contributed by atoms with Gasteiger partial charge in [0.05, 0.1) is 17.0 Å². The van der Waals surface area contributed by atoms with Crippen LogP contribution in [0.2, 0.25) is 0 Å². The number of amides is 1. The van der Waals surface area contributed by atoms with E-state index in [4.69, 9.17) is 11.1 Å². The first-order valence-corrected chi connectivity index (χ1v) is 7.24. The van der Waals surface area contributed by atoms with Crippen molar-refractivity contribution < 1.29 is 18.0 Å². The highest BCUT2D eigenvalue weighted by Gasteiger charge is 2.36. The van der Waals surface area contributed by atoms with Crippen LogP contribution in [-0.2, 0) is 11.0 Å². The first-order chi connectivity index (χ1) is 11.6. The van der Waals surface area contributed by atoms with Gasteiger partial charge in [-0.25, -0.2) is 0 Å². The second-order valence-corrected chi connectivity index (χ2v) is 5.38. The molecule has 0 aliphatic carbocycles. The molecule has 0 atom stereocenters. The number of benzene rings is 1. The Bertz CT molecular complexity index is 808. The van der Waals surface area contributed by atoms with Crippen molar-refractivity contribution in [2.24, 2.45) is 5.73 Å². The Kier molecular flexibility index (Phi) is 4.73. The van der Waals surface area contributed by atoms with Crippen LogP contribution in [0.5, 0.6) is 0 Å². The average Bonchev–Trinajstić information content (AvgIpc) is 2.78. The van der Waals surface area contributed by atoms with Crippen LogP contribution in [0, 0.1) is 5.41 Å². The predicted molar refractivity (Wildman–Crippen MR) is 89.3 cm³/mol. The van der Waals surface area contributed by atoms with Gasteiger partial charge in [0.15, 0.2) is 0 Å². The third-order valence-electron chi connectivity index (χ3n) is 3.70. The standard InChI is InChI=1S/C17H17F3N4O/c1-10-16(15(22)7-8-21)24(12(3)25)11(2)23(10)14-6-4-5-13(9-14)17(18,19)20/h4-9,21H,2,22H2,1,3H3/b15-7-,21-8?. The summed E-state index contributed by atoms with van der Waals surface area (Å²) in [7, 11) is 0. The van der Waals surface area contributed by atoms with Crippen LogP contribution in [0.1, 0.15) is 19.4 Å². The maximum absolute atomic E-state index is 13.0. The van der Waals surface area contributed by atoms with E-state index >= 15 is 0 Å². The number of carbonyl (C=O) groups is 1. The second-order valence-electron chi connectivity index (χ2n) is 5.38. The summed E-state index contributed by atoms with van der Waals surface area (Å²) in [6, 6.07) is 4.72. The van der Waals surface area contributed by atoms with Gasteiger partial charge in [-0.3, -0.25) is 14.6 Å². The van der Waals surface area contributed by atoms with E-state index in [9.17, 15) is 18.0 Å². The van der Waals surface area contributed by atoms with Crippen LogP contribution >= 0.6 is 0 Å². The molecule has 1 amide bonds. The van der Waals surface area contributed by atoms with Crippen molar-refractivity contribution in [2.45, 2.75) is 20.0 Å². The summed E-state index contributed by atoms with van der Waals surface area (Å²) in [5.74, 6) is -0.226. The molecule has 0 saturated carbocycles. The van der Waals surface area contributed by atoms with Crippen LogP contribution in [0.15, 0.2) is 59.8 Å². The van der Waals surface area contributed by atoms with Crippen molar-refractivity contribution in [1.29, 1.82) is 5.41 Å². The van der Waals surface area contributed by atoms with Gasteiger partial charge in [-0.1, -0.05) is 12.6 Å². The number of allylic oxidation sites excluding steroid dienone is 2. The molecule has 1 heterocycles. The summed E-state index contributed by atoms with van der Waals surface area (Å²) < 4.78 is 39.0. The maximum atomic E-state index is 13.0. The molecule has 5 nitrogen and oxygen atoms in total. The molecule has 0 radical (unpaired) electrons. The second kappa shape index (κ2) is 6.46. The third kappa shape index (κ3) is 3.28. The molecule has 0 saturated heterocycles. The zero-order valence-electron chi connectivity index (χ0n) is 13.7. The lowest BCUT2D eigenvalue weighted by Gasteiger charge is -2.25. The third-order valence-corrected chi connectivity index (χ3v) is 3.70. The van der Waals surface area contributed by atoms with Gasteiger partial charge in [0, 0.05) is 24.5 Å². The Morgan fingerprint density at radius 2 is 2.00 bits per heavy atom. The molecule has 132 valence electrons. The zero-order chi connectivity index (χ0) is 18.9. The van der Waals surface area contributed by atoms with E-state index in [1.807, 2.05) is 0 Å². The van der Waals surface area contributed by atoms with Crippen LogP contribution < -0.4 is 10.6 Å². The van der Waals surface area contributed by atoms with Crippen molar-refractivity contribution in [2.75, 3.05) is 4.90 Å². The average molecular weight is 350 g/mol. The number of hydrogen-bond donors (Lipinski definition) is 2. The van der Waals surface area contributed by atoms with Crippen molar-refractivity contribution in [3.05, 3.63) is 65.4 Å². The number of carbonyl (C=O) groups excluding carboxylic acids is 1. The number of anilines is 1. The van der Waals surface area contributed by atoms with Gasteiger partial charge in [-0.2, -0.15) is 13.2 Å². The molecule has 25 heavy (non-hydrogen) atoms. The van der Waals surface area contributed by atoms with Crippen molar-refractivity contribution in [3.8, 4) is 0 Å². The van der Waals surface area contributed by atoms with E-state index in [1.54, 1.807) is 6.92 Å². The number of alkyl halides is 3. The lowest BCUT2D eigenvalue weighted by molar-refractivity contribution is -0.137. The Labute approximate surface area is 143 Å². The topological polar surface area (TPSA) is 73.4 Å². The fourth-order valence-electron chi connectivity index (χ4n) is 2.70. The molecule has 3 N–H and O–H groups in total. The smallest absolute Gasteiger partial charge is 0.397 e. The number of halogens is 3. The van der Waals surface area contributed by atoms with Crippen LogP contribution in [0.4, 0.5) is 18.9 Å². The number of rotatable bonds is 3. The van der Waals surface area contributed by atoms with Gasteiger partial charge in [0.25, 0.3) is 0 Å². The highest BCUT2D eigenvalue weighted by Crippen LogP contribution is 2.39.